The fourth-order valence-corrected chi connectivity index (χ4v) is 2.59. The molecule has 1 amide bonds. The van der Waals surface area contributed by atoms with E-state index in [2.05, 4.69) is 34.5 Å². The fourth-order valence-electron chi connectivity index (χ4n) is 2.59. The third kappa shape index (κ3) is 7.45. The number of amides is 1. The van der Waals surface area contributed by atoms with Crippen LogP contribution in [0.4, 0.5) is 0 Å². The van der Waals surface area contributed by atoms with Gasteiger partial charge < -0.3 is 11.1 Å². The summed E-state index contributed by atoms with van der Waals surface area (Å²) < 4.78 is 0. The van der Waals surface area contributed by atoms with Gasteiger partial charge in [-0.05, 0) is 37.1 Å². The van der Waals surface area contributed by atoms with E-state index >= 15 is 0 Å². The Morgan fingerprint density at radius 1 is 1.00 bits per heavy atom. The van der Waals surface area contributed by atoms with Crippen molar-refractivity contribution in [3.8, 4) is 0 Å². The van der Waals surface area contributed by atoms with E-state index in [1.165, 1.54) is 44.3 Å². The van der Waals surface area contributed by atoms with Gasteiger partial charge in [-0.3, -0.25) is 9.69 Å². The van der Waals surface area contributed by atoms with Gasteiger partial charge in [0.05, 0.1) is 6.54 Å². The summed E-state index contributed by atoms with van der Waals surface area (Å²) >= 11 is 0. The Hall–Kier alpha value is -0.810. The predicted octanol–water partition coefficient (Wildman–Crippen LogP) is 2.48. The second-order valence-corrected chi connectivity index (χ2v) is 5.49. The summed E-state index contributed by atoms with van der Waals surface area (Å²) in [6, 6.07) is 8.50. The summed E-state index contributed by atoms with van der Waals surface area (Å²) in [5.41, 5.74) is 7.72. The van der Waals surface area contributed by atoms with E-state index in [0.29, 0.717) is 6.54 Å². The van der Waals surface area contributed by atoms with E-state index in [9.17, 15) is 4.79 Å². The average Bonchev–Trinajstić information content (AvgIpc) is 2.75. The molecule has 0 spiro atoms. The molecule has 3 N–H and O–H groups in total. The van der Waals surface area contributed by atoms with Gasteiger partial charge in [0, 0.05) is 13.1 Å². The van der Waals surface area contributed by atoms with E-state index < -0.39 is 0 Å². The molecule has 0 aromatic heterocycles. The van der Waals surface area contributed by atoms with Gasteiger partial charge in [0.15, 0.2) is 0 Å². The monoisotopic (exact) mass is 347 g/mol. The number of benzene rings is 1. The molecule has 0 bridgehead atoms. The zero-order valence-corrected chi connectivity index (χ0v) is 14.6. The molecular formula is C16H27Cl2N3O. The summed E-state index contributed by atoms with van der Waals surface area (Å²) in [5.74, 6) is -0.112. The quantitative estimate of drug-likeness (QED) is 0.860. The Morgan fingerprint density at radius 3 is 2.09 bits per heavy atom. The minimum absolute atomic E-state index is 0. The molecule has 1 aromatic rings. The van der Waals surface area contributed by atoms with E-state index in [0.717, 1.165) is 12.1 Å². The predicted molar refractivity (Wildman–Crippen MR) is 95.6 cm³/mol. The number of halogens is 2. The SMILES string of the molecule is Cl.Cl.NCC(=O)NCc1ccc(CN2CCCCCC2)cc1. The maximum atomic E-state index is 11.1. The summed E-state index contributed by atoms with van der Waals surface area (Å²) in [6.07, 6.45) is 5.39. The minimum atomic E-state index is -0.112. The largest absolute Gasteiger partial charge is 0.351 e. The van der Waals surface area contributed by atoms with Crippen LogP contribution in [0, 0.1) is 0 Å². The van der Waals surface area contributed by atoms with Gasteiger partial charge in [-0.15, -0.1) is 24.8 Å². The van der Waals surface area contributed by atoms with Gasteiger partial charge in [0.2, 0.25) is 5.91 Å². The number of carbonyl (C=O) groups excluding carboxylic acids is 1. The molecule has 0 aliphatic carbocycles. The molecule has 6 heteroatoms. The molecule has 1 aliphatic heterocycles. The molecule has 0 unspecified atom stereocenters. The number of likely N-dealkylation sites (tertiary alicyclic amines) is 1. The smallest absolute Gasteiger partial charge is 0.234 e. The fraction of sp³-hybridized carbons (Fsp3) is 0.562. The zero-order valence-electron chi connectivity index (χ0n) is 12.9. The Kier molecular flexibility index (Phi) is 11.3. The molecular weight excluding hydrogens is 321 g/mol. The second kappa shape index (κ2) is 11.7. The number of hydrogen-bond donors (Lipinski definition) is 2. The number of nitrogens with one attached hydrogen (secondary N) is 1. The van der Waals surface area contributed by atoms with E-state index in [1.54, 1.807) is 0 Å². The highest BCUT2D eigenvalue weighted by Crippen LogP contribution is 2.13. The summed E-state index contributed by atoms with van der Waals surface area (Å²) in [6.45, 7) is 4.07. The van der Waals surface area contributed by atoms with Crippen molar-refractivity contribution in [3.63, 3.8) is 0 Å². The van der Waals surface area contributed by atoms with Crippen molar-refractivity contribution < 1.29 is 4.79 Å². The van der Waals surface area contributed by atoms with Gasteiger partial charge in [-0.25, -0.2) is 0 Å². The Labute approximate surface area is 145 Å². The van der Waals surface area contributed by atoms with Crippen LogP contribution in [-0.2, 0) is 17.9 Å². The first-order valence-electron chi connectivity index (χ1n) is 7.55. The first kappa shape index (κ1) is 21.2. The van der Waals surface area contributed by atoms with Crippen molar-refractivity contribution in [2.45, 2.75) is 38.8 Å². The van der Waals surface area contributed by atoms with Crippen LogP contribution in [-0.4, -0.2) is 30.4 Å². The van der Waals surface area contributed by atoms with Gasteiger partial charge in [-0.2, -0.15) is 0 Å². The number of nitrogens with two attached hydrogens (primary N) is 1. The molecule has 1 heterocycles. The van der Waals surface area contributed by atoms with Crippen LogP contribution in [0.25, 0.3) is 0 Å². The Bertz CT molecular complexity index is 418. The maximum absolute atomic E-state index is 11.1. The lowest BCUT2D eigenvalue weighted by Gasteiger charge is -2.19. The summed E-state index contributed by atoms with van der Waals surface area (Å²) in [7, 11) is 0. The zero-order chi connectivity index (χ0) is 14.2. The van der Waals surface area contributed by atoms with Crippen LogP contribution in [0.2, 0.25) is 0 Å². The first-order chi connectivity index (χ1) is 9.78. The Balaban J connectivity index is 0.00000220. The van der Waals surface area contributed by atoms with Crippen molar-refractivity contribution >= 4 is 30.7 Å². The topological polar surface area (TPSA) is 58.4 Å². The average molecular weight is 348 g/mol. The molecule has 2 rings (SSSR count). The van der Waals surface area contributed by atoms with Crippen LogP contribution >= 0.6 is 24.8 Å². The van der Waals surface area contributed by atoms with Gasteiger partial charge in [0.25, 0.3) is 0 Å². The number of hydrogen-bond acceptors (Lipinski definition) is 3. The molecule has 1 aromatic carbocycles. The lowest BCUT2D eigenvalue weighted by Crippen LogP contribution is -2.29. The number of rotatable bonds is 5. The molecule has 126 valence electrons. The van der Waals surface area contributed by atoms with E-state index in [-0.39, 0.29) is 37.3 Å². The molecule has 0 atom stereocenters. The summed E-state index contributed by atoms with van der Waals surface area (Å²) in [5, 5.41) is 2.78. The lowest BCUT2D eigenvalue weighted by molar-refractivity contribution is -0.119. The van der Waals surface area contributed by atoms with Crippen LogP contribution in [0.5, 0.6) is 0 Å². The lowest BCUT2D eigenvalue weighted by atomic mass is 10.1. The maximum Gasteiger partial charge on any atom is 0.234 e. The standard InChI is InChI=1S/C16H25N3O.2ClH/c17-11-16(20)18-12-14-5-7-15(8-6-14)13-19-9-3-1-2-4-10-19;;/h5-8H,1-4,9-13,17H2,(H,18,20);2*1H. The van der Waals surface area contributed by atoms with Crippen LogP contribution in [0.1, 0.15) is 36.8 Å². The summed E-state index contributed by atoms with van der Waals surface area (Å²) in [4.78, 5) is 13.6. The van der Waals surface area contributed by atoms with Crippen molar-refractivity contribution in [1.29, 1.82) is 0 Å². The highest BCUT2D eigenvalue weighted by atomic mass is 35.5. The molecule has 0 saturated carbocycles. The normalized spacial score (nSPS) is 15.1. The molecule has 4 nitrogen and oxygen atoms in total. The third-order valence-electron chi connectivity index (χ3n) is 3.80. The van der Waals surface area contributed by atoms with Crippen molar-refractivity contribution in [3.05, 3.63) is 35.4 Å². The number of carbonyl (C=O) groups is 1. The molecule has 1 aliphatic rings. The number of nitrogens with zero attached hydrogens (tertiary/aromatic N) is 1. The second-order valence-electron chi connectivity index (χ2n) is 5.49. The third-order valence-corrected chi connectivity index (χ3v) is 3.80. The van der Waals surface area contributed by atoms with Crippen molar-refractivity contribution in [2.75, 3.05) is 19.6 Å². The first-order valence-corrected chi connectivity index (χ1v) is 7.55. The van der Waals surface area contributed by atoms with Gasteiger partial charge in [-0.1, -0.05) is 37.1 Å². The van der Waals surface area contributed by atoms with Crippen molar-refractivity contribution in [2.24, 2.45) is 5.73 Å². The van der Waals surface area contributed by atoms with Gasteiger partial charge >= 0.3 is 0 Å². The van der Waals surface area contributed by atoms with Crippen LogP contribution < -0.4 is 11.1 Å². The van der Waals surface area contributed by atoms with Crippen LogP contribution in [0.15, 0.2) is 24.3 Å². The highest BCUT2D eigenvalue weighted by molar-refractivity contribution is 5.85. The van der Waals surface area contributed by atoms with E-state index in [4.69, 9.17) is 5.73 Å². The van der Waals surface area contributed by atoms with Crippen molar-refractivity contribution in [1.82, 2.24) is 10.2 Å². The molecule has 0 radical (unpaired) electrons. The molecule has 1 saturated heterocycles. The van der Waals surface area contributed by atoms with E-state index in [1.807, 2.05) is 0 Å². The Morgan fingerprint density at radius 2 is 1.55 bits per heavy atom. The van der Waals surface area contributed by atoms with Crippen LogP contribution in [0.3, 0.4) is 0 Å². The highest BCUT2D eigenvalue weighted by Gasteiger charge is 2.09. The van der Waals surface area contributed by atoms with Gasteiger partial charge in [0.1, 0.15) is 0 Å². The molecule has 22 heavy (non-hydrogen) atoms. The molecule has 1 fully saturated rings. The minimum Gasteiger partial charge on any atom is -0.351 e.